The number of nitro benzene ring substituents is 1. The van der Waals surface area contributed by atoms with Crippen LogP contribution >= 0.6 is 31.9 Å². The number of benzene rings is 3. The van der Waals surface area contributed by atoms with Gasteiger partial charge in [0.25, 0.3) is 11.6 Å². The van der Waals surface area contributed by atoms with Crippen LogP contribution in [-0.2, 0) is 4.79 Å². The number of para-hydroxylation sites is 1. The number of anilines is 1. The number of hydrogen-bond donors (Lipinski definition) is 1. The summed E-state index contributed by atoms with van der Waals surface area (Å²) in [6.45, 7) is 1.72. The van der Waals surface area contributed by atoms with Gasteiger partial charge in [-0.2, -0.15) is 5.26 Å². The summed E-state index contributed by atoms with van der Waals surface area (Å²) in [6.07, 6.45) is 1.66. The number of nitrogens with one attached hydrogen (secondary N) is 1. The molecule has 9 heteroatoms. The lowest BCUT2D eigenvalue weighted by Crippen LogP contribution is -2.20. The van der Waals surface area contributed by atoms with Crippen LogP contribution in [0.5, 0.6) is 5.75 Å². The highest BCUT2D eigenvalue weighted by atomic mass is 79.9. The van der Waals surface area contributed by atoms with Gasteiger partial charge in [0.2, 0.25) is 0 Å². The second-order valence-electron chi connectivity index (χ2n) is 6.94. The van der Waals surface area contributed by atoms with E-state index in [-0.39, 0.29) is 18.2 Å². The number of amides is 1. The summed E-state index contributed by atoms with van der Waals surface area (Å²) in [5.41, 5.74) is 3.22. The maximum absolute atomic E-state index is 12.3. The van der Waals surface area contributed by atoms with Crippen molar-refractivity contribution in [3.63, 3.8) is 0 Å². The molecule has 3 aromatic rings. The molecule has 3 rings (SSSR count). The average molecular weight is 571 g/mol. The zero-order valence-corrected chi connectivity index (χ0v) is 20.5. The number of halogens is 2. The van der Waals surface area contributed by atoms with Crippen LogP contribution in [0.3, 0.4) is 0 Å². The zero-order chi connectivity index (χ0) is 24.0. The van der Waals surface area contributed by atoms with Crippen molar-refractivity contribution >= 4 is 60.8 Å². The quantitative estimate of drug-likeness (QED) is 0.151. The molecule has 33 heavy (non-hydrogen) atoms. The molecule has 0 fully saturated rings. The second kappa shape index (κ2) is 10.9. The smallest absolute Gasteiger partial charge is 0.269 e. The summed E-state index contributed by atoms with van der Waals surface area (Å²) in [5.74, 6) is 0.151. The van der Waals surface area contributed by atoms with Gasteiger partial charge in [-0.1, -0.05) is 18.2 Å². The van der Waals surface area contributed by atoms with Crippen molar-refractivity contribution in [2.45, 2.75) is 6.92 Å². The Labute approximate surface area is 207 Å². The van der Waals surface area contributed by atoms with Crippen molar-refractivity contribution in [2.75, 3.05) is 11.9 Å². The first-order valence-corrected chi connectivity index (χ1v) is 11.2. The molecule has 0 heterocycles. The predicted molar refractivity (Wildman–Crippen MR) is 134 cm³/mol. The van der Waals surface area contributed by atoms with Crippen LogP contribution in [0.4, 0.5) is 11.4 Å². The van der Waals surface area contributed by atoms with E-state index in [0.29, 0.717) is 31.4 Å². The molecule has 0 aliphatic rings. The number of nitrogens with zero attached hydrogens (tertiary/aromatic N) is 2. The summed E-state index contributed by atoms with van der Waals surface area (Å²) in [4.78, 5) is 22.6. The first kappa shape index (κ1) is 24.2. The topological polar surface area (TPSA) is 105 Å². The van der Waals surface area contributed by atoms with E-state index in [9.17, 15) is 20.2 Å². The number of carbonyl (C=O) groups is 1. The van der Waals surface area contributed by atoms with Crippen molar-refractivity contribution in [3.05, 3.63) is 96.4 Å². The summed E-state index contributed by atoms with van der Waals surface area (Å²) in [6, 6.07) is 18.8. The normalized spacial score (nSPS) is 10.9. The number of nitro groups is 1. The molecule has 0 aliphatic heterocycles. The second-order valence-corrected chi connectivity index (χ2v) is 8.65. The van der Waals surface area contributed by atoms with Gasteiger partial charge >= 0.3 is 0 Å². The maximum Gasteiger partial charge on any atom is 0.269 e. The molecule has 0 saturated carbocycles. The van der Waals surface area contributed by atoms with Crippen LogP contribution in [0.1, 0.15) is 16.7 Å². The van der Waals surface area contributed by atoms with Crippen LogP contribution in [0.2, 0.25) is 0 Å². The Bertz CT molecular complexity index is 1260. The monoisotopic (exact) mass is 569 g/mol. The van der Waals surface area contributed by atoms with Crippen LogP contribution in [-0.4, -0.2) is 17.4 Å². The minimum atomic E-state index is -0.492. The first-order valence-electron chi connectivity index (χ1n) is 9.62. The molecule has 3 aromatic carbocycles. The number of ether oxygens (including phenoxy) is 1. The Hall–Kier alpha value is -3.48. The van der Waals surface area contributed by atoms with Gasteiger partial charge in [-0.15, -0.1) is 0 Å². The van der Waals surface area contributed by atoms with E-state index < -0.39 is 4.92 Å². The van der Waals surface area contributed by atoms with Crippen LogP contribution in [0.15, 0.2) is 69.6 Å². The molecular weight excluding hydrogens is 554 g/mol. The van der Waals surface area contributed by atoms with E-state index in [1.165, 1.54) is 24.3 Å². The maximum atomic E-state index is 12.3. The highest BCUT2D eigenvalue weighted by Crippen LogP contribution is 2.36. The molecule has 0 unspecified atom stereocenters. The largest absolute Gasteiger partial charge is 0.481 e. The van der Waals surface area contributed by atoms with E-state index in [1.54, 1.807) is 18.2 Å². The predicted octanol–water partition coefficient (Wildman–Crippen LogP) is 6.51. The van der Waals surface area contributed by atoms with Crippen molar-refractivity contribution < 1.29 is 14.5 Å². The van der Waals surface area contributed by atoms with Gasteiger partial charge in [0.1, 0.15) is 5.75 Å². The fourth-order valence-electron chi connectivity index (χ4n) is 2.95. The molecule has 1 N–H and O–H groups in total. The van der Waals surface area contributed by atoms with E-state index in [0.717, 1.165) is 11.3 Å². The number of rotatable bonds is 7. The van der Waals surface area contributed by atoms with Gasteiger partial charge in [-0.3, -0.25) is 14.9 Å². The standard InChI is InChI=1S/C24H17Br2N3O4/c1-15-4-2-3-5-22(15)28-23(30)14-33-24-20(25)11-16(12-21(24)26)10-18(13-27)17-6-8-19(9-7-17)29(31)32/h2-12H,14H2,1H3,(H,28,30)/b18-10+. The Kier molecular flexibility index (Phi) is 7.98. The Morgan fingerprint density at radius 1 is 1.15 bits per heavy atom. The van der Waals surface area contributed by atoms with Gasteiger partial charge < -0.3 is 10.1 Å². The minimum absolute atomic E-state index is 0.0468. The minimum Gasteiger partial charge on any atom is -0.481 e. The highest BCUT2D eigenvalue weighted by Gasteiger charge is 2.13. The fourth-order valence-corrected chi connectivity index (χ4v) is 4.40. The average Bonchev–Trinajstić information content (AvgIpc) is 2.78. The lowest BCUT2D eigenvalue weighted by molar-refractivity contribution is -0.384. The highest BCUT2D eigenvalue weighted by molar-refractivity contribution is 9.11. The third kappa shape index (κ3) is 6.28. The lowest BCUT2D eigenvalue weighted by Gasteiger charge is -2.12. The molecule has 7 nitrogen and oxygen atoms in total. The van der Waals surface area contributed by atoms with Gasteiger partial charge in [0, 0.05) is 17.8 Å². The SMILES string of the molecule is Cc1ccccc1NC(=O)COc1c(Br)cc(/C=C(\C#N)c2ccc([N+](=O)[O-])cc2)cc1Br. The number of hydrogen-bond acceptors (Lipinski definition) is 5. The van der Waals surface area contributed by atoms with Crippen molar-refractivity contribution in [2.24, 2.45) is 0 Å². The van der Waals surface area contributed by atoms with Gasteiger partial charge in [0.05, 0.1) is 25.5 Å². The zero-order valence-electron chi connectivity index (χ0n) is 17.3. The molecule has 0 aliphatic carbocycles. The van der Waals surface area contributed by atoms with E-state index in [4.69, 9.17) is 4.74 Å². The molecule has 166 valence electrons. The molecule has 0 atom stereocenters. The molecule has 1 amide bonds. The summed E-state index contributed by atoms with van der Waals surface area (Å²) in [5, 5.41) is 23.2. The molecular formula is C24H17Br2N3O4. The number of aryl methyl sites for hydroxylation is 1. The van der Waals surface area contributed by atoms with Crippen LogP contribution in [0.25, 0.3) is 11.6 Å². The number of carbonyl (C=O) groups excluding carboxylic acids is 1. The number of allylic oxidation sites excluding steroid dienone is 1. The summed E-state index contributed by atoms with van der Waals surface area (Å²) in [7, 11) is 0. The third-order valence-electron chi connectivity index (χ3n) is 4.61. The summed E-state index contributed by atoms with van der Waals surface area (Å²) < 4.78 is 6.87. The Morgan fingerprint density at radius 2 is 1.79 bits per heavy atom. The fraction of sp³-hybridized carbons (Fsp3) is 0.0833. The Balaban J connectivity index is 1.75. The molecule has 0 aromatic heterocycles. The van der Waals surface area contributed by atoms with Crippen LogP contribution in [0, 0.1) is 28.4 Å². The Morgan fingerprint density at radius 3 is 2.36 bits per heavy atom. The van der Waals surface area contributed by atoms with Crippen molar-refractivity contribution in [1.82, 2.24) is 0 Å². The molecule has 0 radical (unpaired) electrons. The lowest BCUT2D eigenvalue weighted by atomic mass is 10.0. The number of nitriles is 1. The van der Waals surface area contributed by atoms with E-state index in [1.807, 2.05) is 31.2 Å². The van der Waals surface area contributed by atoms with Crippen LogP contribution < -0.4 is 10.1 Å². The summed E-state index contributed by atoms with van der Waals surface area (Å²) >= 11 is 6.89. The molecule has 0 saturated heterocycles. The van der Waals surface area contributed by atoms with Gasteiger partial charge in [-0.25, -0.2) is 0 Å². The first-order chi connectivity index (χ1) is 15.8. The van der Waals surface area contributed by atoms with Gasteiger partial charge in [0.15, 0.2) is 6.61 Å². The third-order valence-corrected chi connectivity index (χ3v) is 5.79. The van der Waals surface area contributed by atoms with Crippen molar-refractivity contribution in [1.29, 1.82) is 5.26 Å². The number of non-ortho nitro benzene ring substituents is 1. The van der Waals surface area contributed by atoms with E-state index in [2.05, 4.69) is 43.2 Å². The molecule has 0 bridgehead atoms. The van der Waals surface area contributed by atoms with Gasteiger partial charge in [-0.05, 0) is 91.9 Å². The van der Waals surface area contributed by atoms with Crippen molar-refractivity contribution in [3.8, 4) is 11.8 Å². The molecule has 0 spiro atoms. The van der Waals surface area contributed by atoms with E-state index >= 15 is 0 Å².